The molecule has 15 heavy (non-hydrogen) atoms. The fourth-order valence-corrected chi connectivity index (χ4v) is 1.90. The molecule has 1 unspecified atom stereocenters. The van der Waals surface area contributed by atoms with Crippen molar-refractivity contribution in [3.05, 3.63) is 35.9 Å². The molecule has 0 N–H and O–H groups in total. The maximum atomic E-state index is 12.3. The van der Waals surface area contributed by atoms with Crippen LogP contribution < -0.4 is 0 Å². The van der Waals surface area contributed by atoms with Crippen molar-refractivity contribution in [2.45, 2.75) is 17.4 Å². The largest absolute Gasteiger partial charge is 0.424 e. The minimum atomic E-state index is -4.31. The first-order chi connectivity index (χ1) is 7.04. The van der Waals surface area contributed by atoms with E-state index in [-0.39, 0.29) is 0 Å². The Balaban J connectivity index is 2.49. The van der Waals surface area contributed by atoms with E-state index in [0.717, 1.165) is 24.4 Å². The molecule has 0 saturated carbocycles. The topological polar surface area (TPSA) is 9.23 Å². The molecule has 0 aromatic heterocycles. The third-order valence-corrected chi connectivity index (χ3v) is 2.99. The van der Waals surface area contributed by atoms with Crippen molar-refractivity contribution in [2.24, 2.45) is 0 Å². The van der Waals surface area contributed by atoms with Crippen LogP contribution in [0.1, 0.15) is 5.56 Å². The van der Waals surface area contributed by atoms with Crippen molar-refractivity contribution < 1.29 is 17.9 Å². The quantitative estimate of drug-likeness (QED) is 0.740. The highest BCUT2D eigenvalue weighted by molar-refractivity contribution is 7.99. The van der Waals surface area contributed by atoms with Gasteiger partial charge in [-0.05, 0) is 5.56 Å². The lowest BCUT2D eigenvalue weighted by Crippen LogP contribution is -2.27. The zero-order valence-corrected chi connectivity index (χ0v) is 8.94. The van der Waals surface area contributed by atoms with Gasteiger partial charge in [-0.3, -0.25) is 0 Å². The Morgan fingerprint density at radius 1 is 1.27 bits per heavy atom. The van der Waals surface area contributed by atoms with E-state index in [1.165, 1.54) is 0 Å². The first-order valence-electron chi connectivity index (χ1n) is 4.29. The van der Waals surface area contributed by atoms with Crippen molar-refractivity contribution in [1.29, 1.82) is 0 Å². The summed E-state index contributed by atoms with van der Waals surface area (Å²) in [4.78, 5) is 0. The number of hydrogen-bond acceptors (Lipinski definition) is 2. The van der Waals surface area contributed by atoms with Gasteiger partial charge in [-0.1, -0.05) is 30.3 Å². The number of halogens is 3. The maximum Gasteiger partial charge on any atom is 0.424 e. The first-order valence-corrected chi connectivity index (χ1v) is 5.34. The second kappa shape index (κ2) is 5.42. The predicted octanol–water partition coefficient (Wildman–Crippen LogP) is 3.45. The van der Waals surface area contributed by atoms with Crippen LogP contribution in [0.5, 0.6) is 0 Å². The second-order valence-electron chi connectivity index (χ2n) is 2.91. The highest BCUT2D eigenvalue weighted by atomic mass is 32.2. The molecule has 84 valence electrons. The number of ether oxygens (including phenoxy) is 1. The Morgan fingerprint density at radius 2 is 1.87 bits per heavy atom. The minimum absolute atomic E-state index is 0.291. The SMILES string of the molecule is COC(SCc1ccccc1)C(F)(F)F. The summed E-state index contributed by atoms with van der Waals surface area (Å²) in [6.07, 6.45) is -4.31. The van der Waals surface area contributed by atoms with Crippen molar-refractivity contribution in [2.75, 3.05) is 7.11 Å². The van der Waals surface area contributed by atoms with E-state index in [1.54, 1.807) is 24.3 Å². The van der Waals surface area contributed by atoms with Gasteiger partial charge in [0.1, 0.15) is 0 Å². The molecular weight excluding hydrogens is 225 g/mol. The Bertz CT molecular complexity index is 286. The summed E-state index contributed by atoms with van der Waals surface area (Å²) in [7, 11) is 1.07. The van der Waals surface area contributed by atoms with Crippen LogP contribution in [0.25, 0.3) is 0 Å². The van der Waals surface area contributed by atoms with Gasteiger partial charge in [0, 0.05) is 12.9 Å². The van der Waals surface area contributed by atoms with Crippen LogP contribution in [0, 0.1) is 0 Å². The lowest BCUT2D eigenvalue weighted by atomic mass is 10.2. The van der Waals surface area contributed by atoms with Crippen LogP contribution in [0.2, 0.25) is 0 Å². The number of methoxy groups -OCH3 is 1. The van der Waals surface area contributed by atoms with Gasteiger partial charge in [0.05, 0.1) is 0 Å². The van der Waals surface area contributed by atoms with E-state index < -0.39 is 11.6 Å². The first kappa shape index (κ1) is 12.4. The summed E-state index contributed by atoms with van der Waals surface area (Å²) in [5.41, 5.74) is -0.897. The van der Waals surface area contributed by atoms with Gasteiger partial charge in [-0.25, -0.2) is 0 Å². The van der Waals surface area contributed by atoms with E-state index in [0.29, 0.717) is 5.75 Å². The van der Waals surface area contributed by atoms with Gasteiger partial charge in [0.25, 0.3) is 0 Å². The Kier molecular flexibility index (Phi) is 4.47. The third kappa shape index (κ3) is 4.13. The summed E-state index contributed by atoms with van der Waals surface area (Å²) in [6.45, 7) is 0. The molecule has 0 saturated heterocycles. The van der Waals surface area contributed by atoms with E-state index in [9.17, 15) is 13.2 Å². The summed E-state index contributed by atoms with van der Waals surface area (Å²) in [6, 6.07) is 8.99. The predicted molar refractivity (Wildman–Crippen MR) is 54.6 cm³/mol. The number of thioether (sulfide) groups is 1. The third-order valence-electron chi connectivity index (χ3n) is 1.73. The molecule has 0 aliphatic carbocycles. The van der Waals surface area contributed by atoms with Gasteiger partial charge in [-0.15, -0.1) is 11.8 Å². The molecule has 1 aromatic rings. The van der Waals surface area contributed by atoms with E-state index >= 15 is 0 Å². The summed E-state index contributed by atoms with van der Waals surface area (Å²) in [5, 5.41) is 0. The zero-order valence-electron chi connectivity index (χ0n) is 8.12. The average Bonchev–Trinajstić information content (AvgIpc) is 2.18. The fourth-order valence-electron chi connectivity index (χ4n) is 1.04. The molecule has 0 aliphatic heterocycles. The molecule has 1 aromatic carbocycles. The summed E-state index contributed by atoms with van der Waals surface area (Å²) >= 11 is 0.734. The fraction of sp³-hybridized carbons (Fsp3) is 0.400. The molecule has 1 rings (SSSR count). The molecule has 0 radical (unpaired) electrons. The van der Waals surface area contributed by atoms with Crippen molar-refractivity contribution >= 4 is 11.8 Å². The lowest BCUT2D eigenvalue weighted by Gasteiger charge is -2.17. The molecule has 0 heterocycles. The van der Waals surface area contributed by atoms with Gasteiger partial charge in [-0.2, -0.15) is 13.2 Å². The molecule has 1 nitrogen and oxygen atoms in total. The monoisotopic (exact) mass is 236 g/mol. The van der Waals surface area contributed by atoms with E-state index in [2.05, 4.69) is 4.74 Å². The number of rotatable bonds is 4. The maximum absolute atomic E-state index is 12.3. The Labute approximate surface area is 90.6 Å². The standard InChI is InChI=1S/C10H11F3OS/c1-14-9(10(11,12)13)15-7-8-5-3-2-4-6-8/h2-6,9H,7H2,1H3. The van der Waals surface area contributed by atoms with E-state index in [1.807, 2.05) is 6.07 Å². The number of alkyl halides is 3. The molecule has 0 spiro atoms. The van der Waals surface area contributed by atoms with Crippen molar-refractivity contribution in [3.8, 4) is 0 Å². The summed E-state index contributed by atoms with van der Waals surface area (Å²) in [5.74, 6) is 0.291. The molecule has 5 heteroatoms. The van der Waals surface area contributed by atoms with Gasteiger partial charge in [0.15, 0.2) is 5.44 Å². The molecule has 0 fully saturated rings. The highest BCUT2D eigenvalue weighted by Gasteiger charge is 2.40. The van der Waals surface area contributed by atoms with Crippen LogP contribution in [-0.4, -0.2) is 18.7 Å². The summed E-state index contributed by atoms with van der Waals surface area (Å²) < 4.78 is 41.2. The molecule has 1 atom stereocenters. The zero-order chi connectivity index (χ0) is 11.3. The number of hydrogen-bond donors (Lipinski definition) is 0. The molecule has 0 aliphatic rings. The van der Waals surface area contributed by atoms with Gasteiger partial charge in [0.2, 0.25) is 0 Å². The smallest absolute Gasteiger partial charge is 0.362 e. The minimum Gasteiger partial charge on any atom is -0.362 e. The van der Waals surface area contributed by atoms with E-state index in [4.69, 9.17) is 0 Å². The van der Waals surface area contributed by atoms with Crippen LogP contribution in [0.15, 0.2) is 30.3 Å². The molecular formula is C10H11F3OS. The Hall–Kier alpha value is -0.680. The van der Waals surface area contributed by atoms with Crippen LogP contribution in [-0.2, 0) is 10.5 Å². The van der Waals surface area contributed by atoms with Gasteiger partial charge < -0.3 is 4.74 Å². The average molecular weight is 236 g/mol. The van der Waals surface area contributed by atoms with Gasteiger partial charge >= 0.3 is 6.18 Å². The highest BCUT2D eigenvalue weighted by Crippen LogP contribution is 2.32. The van der Waals surface area contributed by atoms with Crippen molar-refractivity contribution in [1.82, 2.24) is 0 Å². The Morgan fingerprint density at radius 3 is 2.33 bits per heavy atom. The normalized spacial score (nSPS) is 13.9. The second-order valence-corrected chi connectivity index (χ2v) is 3.96. The van der Waals surface area contributed by atoms with Crippen LogP contribution in [0.4, 0.5) is 13.2 Å². The molecule has 0 bridgehead atoms. The number of benzene rings is 1. The molecule has 0 amide bonds. The van der Waals surface area contributed by atoms with Crippen LogP contribution >= 0.6 is 11.8 Å². The lowest BCUT2D eigenvalue weighted by molar-refractivity contribution is -0.181. The van der Waals surface area contributed by atoms with Crippen LogP contribution in [0.3, 0.4) is 0 Å². The van der Waals surface area contributed by atoms with Crippen molar-refractivity contribution in [3.63, 3.8) is 0 Å².